The van der Waals surface area contributed by atoms with Gasteiger partial charge < -0.3 is 10.4 Å². The fraction of sp³-hybridized carbons (Fsp3) is 0.231. The van der Waals surface area contributed by atoms with Gasteiger partial charge in [0.25, 0.3) is 5.91 Å². The molecule has 1 heterocycles. The molecule has 2 amide bonds. The number of benzene rings is 1. The summed E-state index contributed by atoms with van der Waals surface area (Å²) in [4.78, 5) is 34.4. The molecule has 0 unspecified atom stereocenters. The summed E-state index contributed by atoms with van der Waals surface area (Å²) in [6.45, 7) is 0. The van der Waals surface area contributed by atoms with Crippen LogP contribution in [0.2, 0.25) is 0 Å². The summed E-state index contributed by atoms with van der Waals surface area (Å²) in [5.74, 6) is -1.70. The molecule has 21 heavy (non-hydrogen) atoms. The lowest BCUT2D eigenvalue weighted by Gasteiger charge is -2.19. The molecule has 110 valence electrons. The summed E-state index contributed by atoms with van der Waals surface area (Å²) >= 11 is 3.13. The molecule has 1 aliphatic rings. The van der Waals surface area contributed by atoms with Crippen LogP contribution in [0.25, 0.3) is 0 Å². The average molecular weight is 354 g/mol. The number of anilines is 1. The lowest BCUT2D eigenvalue weighted by atomic mass is 10.1. The first-order valence-electron chi connectivity index (χ1n) is 6.06. The number of carboxylic acids is 1. The molecule has 1 aromatic carbocycles. The number of hydrazone groups is 1. The standard InChI is InChI=1S/C13H12BrN3O4/c1-17-11(18)5-4-10(16-17)12(19)15-7-2-3-9(14)8(6-7)13(20)21/h2-3,6H,4-5H2,1H3,(H,15,19)(H,20,21). The minimum absolute atomic E-state index is 0.0469. The lowest BCUT2D eigenvalue weighted by molar-refractivity contribution is -0.130. The molecule has 0 saturated carbocycles. The van der Waals surface area contributed by atoms with E-state index >= 15 is 0 Å². The van der Waals surface area contributed by atoms with Crippen molar-refractivity contribution < 1.29 is 19.5 Å². The maximum Gasteiger partial charge on any atom is 0.336 e. The molecule has 0 bridgehead atoms. The highest BCUT2D eigenvalue weighted by Crippen LogP contribution is 2.21. The van der Waals surface area contributed by atoms with Crippen LogP contribution in [0.3, 0.4) is 0 Å². The summed E-state index contributed by atoms with van der Waals surface area (Å²) < 4.78 is 0.424. The number of hydrogen-bond acceptors (Lipinski definition) is 4. The van der Waals surface area contributed by atoms with Crippen LogP contribution in [0.4, 0.5) is 5.69 Å². The monoisotopic (exact) mass is 353 g/mol. The van der Waals surface area contributed by atoms with E-state index in [1.807, 2.05) is 0 Å². The van der Waals surface area contributed by atoms with Crippen LogP contribution in [0.1, 0.15) is 23.2 Å². The van der Waals surface area contributed by atoms with Crippen LogP contribution in [-0.2, 0) is 9.59 Å². The van der Waals surface area contributed by atoms with Crippen LogP contribution < -0.4 is 5.32 Å². The van der Waals surface area contributed by atoms with Crippen molar-refractivity contribution in [3.8, 4) is 0 Å². The Bertz CT molecular complexity index is 657. The highest BCUT2D eigenvalue weighted by molar-refractivity contribution is 9.10. The van der Waals surface area contributed by atoms with E-state index in [0.717, 1.165) is 5.01 Å². The van der Waals surface area contributed by atoms with Gasteiger partial charge >= 0.3 is 5.97 Å². The van der Waals surface area contributed by atoms with Gasteiger partial charge in [-0.05, 0) is 34.1 Å². The maximum atomic E-state index is 12.0. The third-order valence-corrected chi connectivity index (χ3v) is 3.62. The van der Waals surface area contributed by atoms with Crippen LogP contribution in [0, 0.1) is 0 Å². The smallest absolute Gasteiger partial charge is 0.336 e. The summed E-state index contributed by atoms with van der Waals surface area (Å²) in [5, 5.41) is 16.6. The Morgan fingerprint density at radius 1 is 1.38 bits per heavy atom. The van der Waals surface area contributed by atoms with Crippen molar-refractivity contribution in [2.45, 2.75) is 12.8 Å². The number of rotatable bonds is 3. The van der Waals surface area contributed by atoms with Crippen molar-refractivity contribution in [1.29, 1.82) is 0 Å². The average Bonchev–Trinajstić information content (AvgIpc) is 2.43. The number of halogens is 1. The van der Waals surface area contributed by atoms with Gasteiger partial charge in [0.15, 0.2) is 0 Å². The highest BCUT2D eigenvalue weighted by atomic mass is 79.9. The van der Waals surface area contributed by atoms with E-state index in [0.29, 0.717) is 10.2 Å². The molecule has 8 heteroatoms. The Morgan fingerprint density at radius 2 is 2.10 bits per heavy atom. The fourth-order valence-electron chi connectivity index (χ4n) is 1.80. The Morgan fingerprint density at radius 3 is 2.71 bits per heavy atom. The Hall–Kier alpha value is -2.22. The van der Waals surface area contributed by atoms with Gasteiger partial charge in [0, 0.05) is 30.0 Å². The summed E-state index contributed by atoms with van der Waals surface area (Å²) in [7, 11) is 1.48. The molecule has 0 fully saturated rings. The summed E-state index contributed by atoms with van der Waals surface area (Å²) in [6, 6.07) is 4.46. The first kappa shape index (κ1) is 15.2. The van der Waals surface area contributed by atoms with Gasteiger partial charge in [-0.3, -0.25) is 9.59 Å². The first-order chi connectivity index (χ1) is 9.88. The van der Waals surface area contributed by atoms with E-state index in [1.165, 1.54) is 19.2 Å². The second-order valence-electron chi connectivity index (χ2n) is 4.42. The second kappa shape index (κ2) is 6.04. The van der Waals surface area contributed by atoms with Crippen molar-refractivity contribution >= 4 is 45.1 Å². The van der Waals surface area contributed by atoms with Crippen molar-refractivity contribution in [3.63, 3.8) is 0 Å². The zero-order valence-electron chi connectivity index (χ0n) is 11.1. The molecule has 1 aliphatic heterocycles. The largest absolute Gasteiger partial charge is 0.478 e. The third kappa shape index (κ3) is 3.46. The fourth-order valence-corrected chi connectivity index (χ4v) is 2.22. The predicted molar refractivity (Wildman–Crippen MR) is 79.2 cm³/mol. The summed E-state index contributed by atoms with van der Waals surface area (Å²) in [5.41, 5.74) is 0.630. The molecule has 0 saturated heterocycles. The lowest BCUT2D eigenvalue weighted by Crippen LogP contribution is -2.34. The number of carbonyl (C=O) groups excluding carboxylic acids is 2. The molecule has 0 atom stereocenters. The highest BCUT2D eigenvalue weighted by Gasteiger charge is 2.22. The van der Waals surface area contributed by atoms with Gasteiger partial charge in [-0.2, -0.15) is 5.10 Å². The van der Waals surface area contributed by atoms with Crippen LogP contribution in [-0.4, -0.2) is 40.7 Å². The molecule has 1 aromatic rings. The Balaban J connectivity index is 2.17. The molecule has 0 aromatic heterocycles. The quantitative estimate of drug-likeness (QED) is 0.863. The van der Waals surface area contributed by atoms with E-state index in [4.69, 9.17) is 5.11 Å². The number of carboxylic acid groups (broad SMARTS) is 1. The molecular weight excluding hydrogens is 342 g/mol. The van der Waals surface area contributed by atoms with Gasteiger partial charge in [-0.15, -0.1) is 0 Å². The van der Waals surface area contributed by atoms with Gasteiger partial charge in [0.05, 0.1) is 5.56 Å². The van der Waals surface area contributed by atoms with Gasteiger partial charge in [0.2, 0.25) is 5.91 Å². The maximum absolute atomic E-state index is 12.0. The van der Waals surface area contributed by atoms with E-state index < -0.39 is 11.9 Å². The zero-order chi connectivity index (χ0) is 15.6. The minimum atomic E-state index is -1.10. The normalized spacial score (nSPS) is 14.7. The van der Waals surface area contributed by atoms with Gasteiger partial charge in [0.1, 0.15) is 5.71 Å². The van der Waals surface area contributed by atoms with Crippen LogP contribution >= 0.6 is 15.9 Å². The Kier molecular flexibility index (Phi) is 4.37. The third-order valence-electron chi connectivity index (χ3n) is 2.92. The molecule has 0 spiro atoms. The zero-order valence-corrected chi connectivity index (χ0v) is 12.7. The molecule has 0 radical (unpaired) electrons. The number of hydrogen-bond donors (Lipinski definition) is 2. The first-order valence-corrected chi connectivity index (χ1v) is 6.86. The number of carbonyl (C=O) groups is 3. The van der Waals surface area contributed by atoms with Crippen molar-refractivity contribution in [3.05, 3.63) is 28.2 Å². The van der Waals surface area contributed by atoms with Crippen LogP contribution in [0.15, 0.2) is 27.8 Å². The van der Waals surface area contributed by atoms with Gasteiger partial charge in [-0.1, -0.05) is 0 Å². The number of amides is 2. The van der Waals surface area contributed by atoms with Crippen LogP contribution in [0.5, 0.6) is 0 Å². The molecule has 2 N–H and O–H groups in total. The van der Waals surface area contributed by atoms with E-state index in [-0.39, 0.29) is 30.0 Å². The van der Waals surface area contributed by atoms with E-state index in [1.54, 1.807) is 6.07 Å². The van der Waals surface area contributed by atoms with Crippen molar-refractivity contribution in [2.75, 3.05) is 12.4 Å². The molecule has 2 rings (SSSR count). The molecule has 0 aliphatic carbocycles. The van der Waals surface area contributed by atoms with Crippen molar-refractivity contribution in [2.24, 2.45) is 5.10 Å². The topological polar surface area (TPSA) is 99.1 Å². The number of nitrogens with one attached hydrogen (secondary N) is 1. The predicted octanol–water partition coefficient (Wildman–Crippen LogP) is 1.69. The number of aromatic carboxylic acids is 1. The minimum Gasteiger partial charge on any atom is -0.478 e. The van der Waals surface area contributed by atoms with E-state index in [2.05, 4.69) is 26.3 Å². The van der Waals surface area contributed by atoms with E-state index in [9.17, 15) is 14.4 Å². The number of nitrogens with zero attached hydrogens (tertiary/aromatic N) is 2. The molecular formula is C13H12BrN3O4. The Labute approximate surface area is 128 Å². The summed E-state index contributed by atoms with van der Waals surface area (Å²) in [6.07, 6.45) is 0.487. The SMILES string of the molecule is CN1N=C(C(=O)Nc2ccc(Br)c(C(=O)O)c2)CCC1=O. The van der Waals surface area contributed by atoms with Crippen molar-refractivity contribution in [1.82, 2.24) is 5.01 Å². The van der Waals surface area contributed by atoms with Gasteiger partial charge in [-0.25, -0.2) is 9.80 Å². The second-order valence-corrected chi connectivity index (χ2v) is 5.27. The molecule has 7 nitrogen and oxygen atoms in total.